The molecule has 64 valence electrons. The van der Waals surface area contributed by atoms with Gasteiger partial charge >= 0.3 is 0 Å². The van der Waals surface area contributed by atoms with Crippen molar-refractivity contribution < 1.29 is 5.11 Å². The van der Waals surface area contributed by atoms with Crippen molar-refractivity contribution in [2.24, 2.45) is 0 Å². The lowest BCUT2D eigenvalue weighted by molar-refractivity contribution is 0.474. The van der Waals surface area contributed by atoms with E-state index in [9.17, 15) is 5.11 Å². The first kappa shape index (κ1) is 9.14. The molecule has 0 unspecified atom stereocenters. The summed E-state index contributed by atoms with van der Waals surface area (Å²) >= 11 is 5.75. The molecule has 0 heterocycles. The first-order chi connectivity index (χ1) is 5.74. The zero-order valence-corrected chi connectivity index (χ0v) is 7.67. The summed E-state index contributed by atoms with van der Waals surface area (Å²) in [5.41, 5.74) is 0.768. The van der Waals surface area contributed by atoms with E-state index in [2.05, 4.69) is 0 Å². The van der Waals surface area contributed by atoms with E-state index in [1.54, 1.807) is 18.2 Å². The van der Waals surface area contributed by atoms with Gasteiger partial charge in [-0.3, -0.25) is 0 Å². The molecule has 0 radical (unpaired) electrons. The van der Waals surface area contributed by atoms with Crippen LogP contribution in [0.2, 0.25) is 5.02 Å². The Balaban J connectivity index is 2.97. The van der Waals surface area contributed by atoms with Gasteiger partial charge in [0.05, 0.1) is 0 Å². The molecule has 1 rings (SSSR count). The second kappa shape index (κ2) is 4.17. The lowest BCUT2D eigenvalue weighted by atomic mass is 10.2. The number of benzene rings is 1. The van der Waals surface area contributed by atoms with Crippen molar-refractivity contribution >= 4 is 17.7 Å². The van der Waals surface area contributed by atoms with Gasteiger partial charge < -0.3 is 5.11 Å². The SMILES string of the molecule is CCC=Cc1cc(Cl)ccc1O. The van der Waals surface area contributed by atoms with Gasteiger partial charge in [0.25, 0.3) is 0 Å². The molecule has 2 heteroatoms. The molecule has 12 heavy (non-hydrogen) atoms. The molecule has 1 aromatic carbocycles. The van der Waals surface area contributed by atoms with Crippen LogP contribution in [0.3, 0.4) is 0 Å². The molecule has 1 N–H and O–H groups in total. The van der Waals surface area contributed by atoms with Gasteiger partial charge in [-0.05, 0) is 24.6 Å². The van der Waals surface area contributed by atoms with Crippen LogP contribution in [0, 0.1) is 0 Å². The summed E-state index contributed by atoms with van der Waals surface area (Å²) in [6.45, 7) is 2.04. The monoisotopic (exact) mass is 182 g/mol. The van der Waals surface area contributed by atoms with Crippen LogP contribution >= 0.6 is 11.6 Å². The zero-order chi connectivity index (χ0) is 8.97. The molecule has 0 aliphatic heterocycles. The van der Waals surface area contributed by atoms with Crippen LogP contribution in [0.5, 0.6) is 5.75 Å². The van der Waals surface area contributed by atoms with Crippen LogP contribution in [-0.4, -0.2) is 5.11 Å². The highest BCUT2D eigenvalue weighted by Crippen LogP contribution is 2.22. The number of allylic oxidation sites excluding steroid dienone is 1. The Morgan fingerprint density at radius 1 is 1.50 bits per heavy atom. The number of rotatable bonds is 2. The summed E-state index contributed by atoms with van der Waals surface area (Å²) in [5, 5.41) is 9.99. The standard InChI is InChI=1S/C10H11ClO/c1-2-3-4-8-7-9(11)5-6-10(8)12/h3-7,12H,2H2,1H3. The smallest absolute Gasteiger partial charge is 0.122 e. The molecular formula is C10H11ClO. The second-order valence-corrected chi connectivity index (χ2v) is 2.95. The highest BCUT2D eigenvalue weighted by molar-refractivity contribution is 6.30. The molecular weight excluding hydrogens is 172 g/mol. The molecule has 1 aromatic rings. The minimum Gasteiger partial charge on any atom is -0.507 e. The van der Waals surface area contributed by atoms with Crippen molar-refractivity contribution in [2.45, 2.75) is 13.3 Å². The summed E-state index contributed by atoms with van der Waals surface area (Å²) < 4.78 is 0. The number of hydrogen-bond acceptors (Lipinski definition) is 1. The quantitative estimate of drug-likeness (QED) is 0.743. The van der Waals surface area contributed by atoms with E-state index in [1.807, 2.05) is 19.1 Å². The Bertz CT molecular complexity index is 292. The average Bonchev–Trinajstić information content (AvgIpc) is 2.07. The van der Waals surface area contributed by atoms with Gasteiger partial charge in [0.15, 0.2) is 0 Å². The van der Waals surface area contributed by atoms with Gasteiger partial charge in [0.1, 0.15) is 5.75 Å². The summed E-state index contributed by atoms with van der Waals surface area (Å²) in [5.74, 6) is 0.268. The Morgan fingerprint density at radius 2 is 2.25 bits per heavy atom. The molecule has 0 aliphatic carbocycles. The highest BCUT2D eigenvalue weighted by atomic mass is 35.5. The van der Waals surface area contributed by atoms with Gasteiger partial charge in [-0.1, -0.05) is 30.7 Å². The Kier molecular flexibility index (Phi) is 3.18. The van der Waals surface area contributed by atoms with Crippen molar-refractivity contribution in [3.63, 3.8) is 0 Å². The normalized spacial score (nSPS) is 10.8. The van der Waals surface area contributed by atoms with Crippen molar-refractivity contribution in [1.29, 1.82) is 0 Å². The van der Waals surface area contributed by atoms with E-state index in [-0.39, 0.29) is 5.75 Å². The van der Waals surface area contributed by atoms with E-state index in [0.717, 1.165) is 12.0 Å². The van der Waals surface area contributed by atoms with E-state index in [0.29, 0.717) is 5.02 Å². The van der Waals surface area contributed by atoms with Crippen LogP contribution in [0.1, 0.15) is 18.9 Å². The molecule has 0 saturated heterocycles. The summed E-state index contributed by atoms with van der Waals surface area (Å²) in [7, 11) is 0. The molecule has 0 aromatic heterocycles. The third-order valence-electron chi connectivity index (χ3n) is 1.52. The van der Waals surface area contributed by atoms with Gasteiger partial charge in [-0.2, -0.15) is 0 Å². The Hall–Kier alpha value is -0.950. The summed E-state index contributed by atoms with van der Waals surface area (Å²) in [6, 6.07) is 5.00. The topological polar surface area (TPSA) is 20.2 Å². The maximum Gasteiger partial charge on any atom is 0.122 e. The molecule has 0 bridgehead atoms. The van der Waals surface area contributed by atoms with Crippen molar-refractivity contribution in [2.75, 3.05) is 0 Å². The van der Waals surface area contributed by atoms with E-state index >= 15 is 0 Å². The van der Waals surface area contributed by atoms with Crippen molar-refractivity contribution in [1.82, 2.24) is 0 Å². The second-order valence-electron chi connectivity index (χ2n) is 2.51. The van der Waals surface area contributed by atoms with Crippen LogP contribution in [-0.2, 0) is 0 Å². The highest BCUT2D eigenvalue weighted by Gasteiger charge is 1.96. The molecule has 0 aliphatic rings. The van der Waals surface area contributed by atoms with E-state index in [4.69, 9.17) is 11.6 Å². The molecule has 1 nitrogen and oxygen atoms in total. The van der Waals surface area contributed by atoms with E-state index in [1.165, 1.54) is 0 Å². The molecule has 0 spiro atoms. The van der Waals surface area contributed by atoms with Crippen LogP contribution in [0.15, 0.2) is 24.3 Å². The minimum atomic E-state index is 0.268. The average molecular weight is 183 g/mol. The fraction of sp³-hybridized carbons (Fsp3) is 0.200. The fourth-order valence-corrected chi connectivity index (χ4v) is 1.08. The first-order valence-corrected chi connectivity index (χ1v) is 4.27. The van der Waals surface area contributed by atoms with Crippen LogP contribution in [0.25, 0.3) is 6.08 Å². The maximum absolute atomic E-state index is 9.35. The van der Waals surface area contributed by atoms with Crippen LogP contribution in [0.4, 0.5) is 0 Å². The summed E-state index contributed by atoms with van der Waals surface area (Å²) in [4.78, 5) is 0. The number of phenolic OH excluding ortho intramolecular Hbond substituents is 1. The van der Waals surface area contributed by atoms with Crippen LogP contribution < -0.4 is 0 Å². The zero-order valence-electron chi connectivity index (χ0n) is 6.92. The van der Waals surface area contributed by atoms with Gasteiger partial charge in [-0.15, -0.1) is 0 Å². The molecule has 0 atom stereocenters. The first-order valence-electron chi connectivity index (χ1n) is 3.89. The van der Waals surface area contributed by atoms with Gasteiger partial charge in [0.2, 0.25) is 0 Å². The fourth-order valence-electron chi connectivity index (χ4n) is 0.904. The molecule has 0 saturated carbocycles. The lowest BCUT2D eigenvalue weighted by Gasteiger charge is -1.98. The van der Waals surface area contributed by atoms with Crippen molar-refractivity contribution in [3.05, 3.63) is 34.9 Å². The largest absolute Gasteiger partial charge is 0.507 e. The number of halogens is 1. The third kappa shape index (κ3) is 2.28. The minimum absolute atomic E-state index is 0.268. The number of aromatic hydroxyl groups is 1. The van der Waals surface area contributed by atoms with Gasteiger partial charge in [0, 0.05) is 10.6 Å². The van der Waals surface area contributed by atoms with E-state index < -0.39 is 0 Å². The lowest BCUT2D eigenvalue weighted by Crippen LogP contribution is -1.74. The Morgan fingerprint density at radius 3 is 2.92 bits per heavy atom. The molecule has 0 fully saturated rings. The van der Waals surface area contributed by atoms with Crippen molar-refractivity contribution in [3.8, 4) is 5.75 Å². The number of hydrogen-bond donors (Lipinski definition) is 1. The number of phenols is 1. The summed E-state index contributed by atoms with van der Waals surface area (Å²) in [6.07, 6.45) is 4.79. The predicted molar refractivity (Wildman–Crippen MR) is 52.4 cm³/mol. The maximum atomic E-state index is 9.35. The predicted octanol–water partition coefficient (Wildman–Crippen LogP) is 3.47. The molecule has 0 amide bonds. The van der Waals surface area contributed by atoms with Gasteiger partial charge in [-0.25, -0.2) is 0 Å². The Labute approximate surface area is 77.3 Å². The third-order valence-corrected chi connectivity index (χ3v) is 1.76.